The summed E-state index contributed by atoms with van der Waals surface area (Å²) in [5.74, 6) is 0.614. The molecule has 0 radical (unpaired) electrons. The van der Waals surface area contributed by atoms with E-state index in [1.54, 1.807) is 6.07 Å². The molecule has 0 spiro atoms. The van der Waals surface area contributed by atoms with Gasteiger partial charge >= 0.3 is 0 Å². The molecule has 0 unspecified atom stereocenters. The van der Waals surface area contributed by atoms with Gasteiger partial charge in [-0.05, 0) is 18.2 Å². The third-order valence-electron chi connectivity index (χ3n) is 3.96. The van der Waals surface area contributed by atoms with Crippen LogP contribution in [-0.4, -0.2) is 60.4 Å². The Hall–Kier alpha value is -3.40. The lowest BCUT2D eigenvalue weighted by atomic mass is 10.2. The number of morpholine rings is 1. The maximum Gasteiger partial charge on any atom is 0.192 e. The summed E-state index contributed by atoms with van der Waals surface area (Å²) in [6.45, 7) is 6.52. The van der Waals surface area contributed by atoms with E-state index in [9.17, 15) is 4.39 Å². The predicted molar refractivity (Wildman–Crippen MR) is 115 cm³/mol. The molecule has 10 heteroatoms. The highest BCUT2D eigenvalue weighted by atomic mass is 19.1. The van der Waals surface area contributed by atoms with Crippen molar-refractivity contribution < 1.29 is 13.9 Å². The number of rotatable bonds is 6. The van der Waals surface area contributed by atoms with Crippen molar-refractivity contribution in [3.8, 4) is 5.75 Å². The van der Waals surface area contributed by atoms with Gasteiger partial charge in [-0.1, -0.05) is 13.8 Å². The summed E-state index contributed by atoms with van der Waals surface area (Å²) < 4.78 is 24.5. The second kappa shape index (κ2) is 11.6. The molecular formula is C20H26FN7O2. The molecule has 1 saturated heterocycles. The van der Waals surface area contributed by atoms with Crippen LogP contribution in [0.5, 0.6) is 5.75 Å². The third kappa shape index (κ3) is 6.05. The van der Waals surface area contributed by atoms with E-state index < -0.39 is 5.82 Å². The van der Waals surface area contributed by atoms with Crippen molar-refractivity contribution in [2.75, 3.05) is 38.3 Å². The highest BCUT2D eigenvalue weighted by molar-refractivity contribution is 6.14. The van der Waals surface area contributed by atoms with Crippen LogP contribution < -0.4 is 15.4 Å². The van der Waals surface area contributed by atoms with Gasteiger partial charge in [0.1, 0.15) is 11.7 Å². The van der Waals surface area contributed by atoms with Crippen LogP contribution in [0.25, 0.3) is 5.57 Å². The highest BCUT2D eigenvalue weighted by Gasteiger charge is 2.14. The molecule has 3 heterocycles. The number of amidine groups is 1. The molecule has 1 aliphatic rings. The second-order valence-electron chi connectivity index (χ2n) is 5.80. The van der Waals surface area contributed by atoms with Crippen LogP contribution in [0.15, 0.2) is 35.6 Å². The molecule has 0 amide bonds. The number of aliphatic imine (C=N–C) groups is 1. The second-order valence-corrected chi connectivity index (χ2v) is 5.80. The highest BCUT2D eigenvalue weighted by Crippen LogP contribution is 2.21. The molecule has 1 aliphatic heterocycles. The van der Waals surface area contributed by atoms with Crippen molar-refractivity contribution in [2.45, 2.75) is 13.8 Å². The predicted octanol–water partition coefficient (Wildman–Crippen LogP) is 2.60. The molecule has 0 aromatic carbocycles. The third-order valence-corrected chi connectivity index (χ3v) is 3.96. The van der Waals surface area contributed by atoms with Crippen LogP contribution in [0.2, 0.25) is 0 Å². The Morgan fingerprint density at radius 1 is 1.27 bits per heavy atom. The SMILES string of the molecule is CC.COc1cnc(/C(C=N)=C/C(N)=N/c2nc(N3CCOCC3)ccc2F)nc1. The van der Waals surface area contributed by atoms with Crippen LogP contribution in [0.3, 0.4) is 0 Å². The van der Waals surface area contributed by atoms with Gasteiger partial charge in [-0.15, -0.1) is 0 Å². The largest absolute Gasteiger partial charge is 0.494 e. The molecule has 2 aromatic rings. The van der Waals surface area contributed by atoms with E-state index in [4.69, 9.17) is 20.6 Å². The van der Waals surface area contributed by atoms with Gasteiger partial charge in [-0.2, -0.15) is 0 Å². The van der Waals surface area contributed by atoms with Gasteiger partial charge in [-0.3, -0.25) is 0 Å². The minimum absolute atomic E-state index is 0.0246. The van der Waals surface area contributed by atoms with Crippen molar-refractivity contribution in [1.82, 2.24) is 15.0 Å². The monoisotopic (exact) mass is 415 g/mol. The Kier molecular flexibility index (Phi) is 8.82. The number of nitrogens with one attached hydrogen (secondary N) is 1. The van der Waals surface area contributed by atoms with Gasteiger partial charge in [-0.25, -0.2) is 24.3 Å². The Bertz CT molecular complexity index is 895. The number of allylic oxidation sites excluding steroid dienone is 1. The first kappa shape index (κ1) is 22.9. The molecule has 3 N–H and O–H groups in total. The maximum absolute atomic E-state index is 14.2. The van der Waals surface area contributed by atoms with E-state index in [1.807, 2.05) is 18.7 Å². The molecule has 0 bridgehead atoms. The Labute approximate surface area is 175 Å². The average Bonchev–Trinajstić information content (AvgIpc) is 2.81. The Morgan fingerprint density at radius 2 is 1.93 bits per heavy atom. The van der Waals surface area contributed by atoms with Crippen molar-refractivity contribution in [1.29, 1.82) is 5.41 Å². The number of pyridine rings is 1. The Morgan fingerprint density at radius 3 is 2.53 bits per heavy atom. The summed E-state index contributed by atoms with van der Waals surface area (Å²) in [4.78, 5) is 18.5. The molecule has 2 aromatic heterocycles. The first-order chi connectivity index (χ1) is 14.6. The molecule has 0 aliphatic carbocycles. The smallest absolute Gasteiger partial charge is 0.192 e. The standard InChI is InChI=1S/C18H20FN7O2.C2H6/c1-27-13-10-22-17(23-11-13)12(9-20)8-15(21)24-18-14(19)2-3-16(25-18)26-4-6-28-7-5-26;1-2/h2-3,8-11,20H,4-7H2,1H3,(H2,21,24,25);1-2H3/b12-8+,20-9?;. The summed E-state index contributed by atoms with van der Waals surface area (Å²) in [5.41, 5.74) is 6.24. The fourth-order valence-corrected chi connectivity index (χ4v) is 2.52. The number of anilines is 1. The quantitative estimate of drug-likeness (QED) is 0.549. The van der Waals surface area contributed by atoms with Crippen LogP contribution in [-0.2, 0) is 4.74 Å². The van der Waals surface area contributed by atoms with Crippen LogP contribution in [0, 0.1) is 11.2 Å². The van der Waals surface area contributed by atoms with E-state index >= 15 is 0 Å². The fraction of sp³-hybridized carbons (Fsp3) is 0.350. The van der Waals surface area contributed by atoms with E-state index in [0.717, 1.165) is 6.21 Å². The number of nitrogens with zero attached hydrogens (tertiary/aromatic N) is 5. The first-order valence-electron chi connectivity index (χ1n) is 9.52. The number of hydrogen-bond acceptors (Lipinski definition) is 8. The molecule has 30 heavy (non-hydrogen) atoms. The minimum atomic E-state index is -0.592. The molecule has 160 valence electrons. The van der Waals surface area contributed by atoms with Gasteiger partial charge in [0, 0.05) is 24.9 Å². The normalized spacial score (nSPS) is 14.6. The van der Waals surface area contributed by atoms with Crippen LogP contribution in [0.4, 0.5) is 16.0 Å². The molecule has 1 fully saturated rings. The molecular weight excluding hydrogens is 389 g/mol. The number of methoxy groups -OCH3 is 1. The lowest BCUT2D eigenvalue weighted by Crippen LogP contribution is -2.36. The summed E-state index contributed by atoms with van der Waals surface area (Å²) in [6.07, 6.45) is 5.37. The number of hydrogen-bond donors (Lipinski definition) is 2. The Balaban J connectivity index is 0.00000155. The van der Waals surface area contributed by atoms with Crippen molar-refractivity contribution in [3.63, 3.8) is 0 Å². The number of ether oxygens (including phenoxy) is 2. The molecule has 3 rings (SSSR count). The lowest BCUT2D eigenvalue weighted by Gasteiger charge is -2.27. The van der Waals surface area contributed by atoms with E-state index in [2.05, 4.69) is 19.9 Å². The summed E-state index contributed by atoms with van der Waals surface area (Å²) in [5, 5.41) is 7.56. The van der Waals surface area contributed by atoms with Crippen molar-refractivity contribution in [3.05, 3.63) is 42.2 Å². The summed E-state index contributed by atoms with van der Waals surface area (Å²) >= 11 is 0. The van der Waals surface area contributed by atoms with Gasteiger partial charge in [0.25, 0.3) is 0 Å². The molecule has 0 saturated carbocycles. The lowest BCUT2D eigenvalue weighted by molar-refractivity contribution is 0.122. The summed E-state index contributed by atoms with van der Waals surface area (Å²) in [7, 11) is 1.50. The van der Waals surface area contributed by atoms with Crippen LogP contribution >= 0.6 is 0 Å². The number of aromatic nitrogens is 3. The zero-order valence-corrected chi connectivity index (χ0v) is 17.3. The van der Waals surface area contributed by atoms with E-state index in [0.29, 0.717) is 43.4 Å². The fourth-order valence-electron chi connectivity index (χ4n) is 2.52. The minimum Gasteiger partial charge on any atom is -0.494 e. The van der Waals surface area contributed by atoms with Gasteiger partial charge < -0.3 is 25.5 Å². The molecule has 9 nitrogen and oxygen atoms in total. The van der Waals surface area contributed by atoms with Gasteiger partial charge in [0.15, 0.2) is 23.2 Å². The summed E-state index contributed by atoms with van der Waals surface area (Å²) in [6, 6.07) is 2.90. The van der Waals surface area contributed by atoms with Gasteiger partial charge in [0.05, 0.1) is 32.7 Å². The van der Waals surface area contributed by atoms with E-state index in [-0.39, 0.29) is 17.5 Å². The number of nitrogens with two attached hydrogens (primary N) is 1. The van der Waals surface area contributed by atoms with Crippen molar-refractivity contribution in [2.24, 2.45) is 10.7 Å². The maximum atomic E-state index is 14.2. The molecule has 0 atom stereocenters. The van der Waals surface area contributed by atoms with E-state index in [1.165, 1.54) is 31.6 Å². The first-order valence-corrected chi connectivity index (χ1v) is 9.52. The van der Waals surface area contributed by atoms with Gasteiger partial charge in [0.2, 0.25) is 0 Å². The van der Waals surface area contributed by atoms with Crippen molar-refractivity contribution >= 4 is 29.3 Å². The topological polar surface area (TPSA) is 123 Å². The van der Waals surface area contributed by atoms with Crippen LogP contribution in [0.1, 0.15) is 19.7 Å². The average molecular weight is 415 g/mol. The zero-order valence-electron chi connectivity index (χ0n) is 17.3. The number of halogens is 1. The zero-order chi connectivity index (χ0) is 21.9.